The van der Waals surface area contributed by atoms with E-state index in [1.807, 2.05) is 0 Å². The van der Waals surface area contributed by atoms with Gasteiger partial charge in [-0.15, -0.1) is 0 Å². The minimum atomic E-state index is 0.705. The van der Waals surface area contributed by atoms with Gasteiger partial charge in [0.15, 0.2) is 0 Å². The average Bonchev–Trinajstić information content (AvgIpc) is 3.33. The fraction of sp³-hybridized carbons (Fsp3) is 0.588. The van der Waals surface area contributed by atoms with Gasteiger partial charge in [-0.1, -0.05) is 6.07 Å². The largest absolute Gasteiger partial charge is 0.369 e. The molecule has 0 unspecified atom stereocenters. The van der Waals surface area contributed by atoms with E-state index in [9.17, 15) is 5.26 Å². The number of nitriles is 1. The Morgan fingerprint density at radius 3 is 2.86 bits per heavy atom. The summed E-state index contributed by atoms with van der Waals surface area (Å²) in [7, 11) is 2.17. The van der Waals surface area contributed by atoms with Crippen molar-refractivity contribution in [2.75, 3.05) is 38.1 Å². The first-order chi connectivity index (χ1) is 10.3. The second-order valence-electron chi connectivity index (χ2n) is 6.26. The lowest BCUT2D eigenvalue weighted by atomic mass is 10.1. The third kappa shape index (κ3) is 3.75. The number of hydrogen-bond acceptors (Lipinski definition) is 4. The van der Waals surface area contributed by atoms with E-state index in [0.29, 0.717) is 6.04 Å². The van der Waals surface area contributed by atoms with Gasteiger partial charge in [-0.25, -0.2) is 0 Å². The summed E-state index contributed by atoms with van der Waals surface area (Å²) in [4.78, 5) is 4.72. The van der Waals surface area contributed by atoms with Gasteiger partial charge in [-0.3, -0.25) is 0 Å². The van der Waals surface area contributed by atoms with Crippen LogP contribution in [0.5, 0.6) is 0 Å². The van der Waals surface area contributed by atoms with Crippen LogP contribution in [0.1, 0.15) is 30.4 Å². The van der Waals surface area contributed by atoms with Crippen LogP contribution in [-0.4, -0.2) is 44.2 Å². The van der Waals surface area contributed by atoms with Gasteiger partial charge in [0.05, 0.1) is 11.3 Å². The van der Waals surface area contributed by atoms with Crippen LogP contribution in [0.2, 0.25) is 0 Å². The number of hydrogen-bond donors (Lipinski definition) is 1. The number of likely N-dealkylation sites (N-methyl/N-ethyl adjacent to an activating group) is 1. The number of rotatable bonds is 4. The summed E-state index contributed by atoms with van der Waals surface area (Å²) in [5.41, 5.74) is 3.13. The minimum Gasteiger partial charge on any atom is -0.369 e. The number of anilines is 1. The monoisotopic (exact) mass is 284 g/mol. The van der Waals surface area contributed by atoms with Crippen LogP contribution in [0.25, 0.3) is 0 Å². The molecular formula is C17H24N4. The summed E-state index contributed by atoms with van der Waals surface area (Å²) >= 11 is 0. The van der Waals surface area contributed by atoms with Crippen LogP contribution in [0.3, 0.4) is 0 Å². The topological polar surface area (TPSA) is 42.3 Å². The number of benzene rings is 1. The smallest absolute Gasteiger partial charge is 0.101 e. The maximum Gasteiger partial charge on any atom is 0.101 e. The zero-order valence-electron chi connectivity index (χ0n) is 12.8. The third-order valence-electron chi connectivity index (χ3n) is 4.41. The molecule has 1 aromatic rings. The highest BCUT2D eigenvalue weighted by Crippen LogP contribution is 2.24. The van der Waals surface area contributed by atoms with E-state index >= 15 is 0 Å². The molecule has 2 fully saturated rings. The van der Waals surface area contributed by atoms with E-state index < -0.39 is 0 Å². The quantitative estimate of drug-likeness (QED) is 0.918. The molecule has 0 atom stereocenters. The zero-order valence-corrected chi connectivity index (χ0v) is 12.8. The summed E-state index contributed by atoms with van der Waals surface area (Å²) in [5, 5.41) is 13.0. The summed E-state index contributed by atoms with van der Waals surface area (Å²) < 4.78 is 0. The molecule has 3 rings (SSSR count). The van der Waals surface area contributed by atoms with Gasteiger partial charge in [0.25, 0.3) is 0 Å². The van der Waals surface area contributed by atoms with E-state index in [0.717, 1.165) is 50.4 Å². The Labute approximate surface area is 127 Å². The van der Waals surface area contributed by atoms with Crippen LogP contribution >= 0.6 is 0 Å². The van der Waals surface area contributed by atoms with Crippen molar-refractivity contribution in [1.82, 2.24) is 10.2 Å². The van der Waals surface area contributed by atoms with Crippen molar-refractivity contribution in [1.29, 1.82) is 5.26 Å². The Bertz CT molecular complexity index is 530. The van der Waals surface area contributed by atoms with Gasteiger partial charge in [-0.2, -0.15) is 5.26 Å². The molecule has 1 aromatic carbocycles. The third-order valence-corrected chi connectivity index (χ3v) is 4.41. The van der Waals surface area contributed by atoms with E-state index in [1.54, 1.807) is 0 Å². The highest BCUT2D eigenvalue weighted by Gasteiger charge is 2.20. The summed E-state index contributed by atoms with van der Waals surface area (Å²) in [5.74, 6) is 0. The van der Waals surface area contributed by atoms with Gasteiger partial charge in [0.1, 0.15) is 6.07 Å². The molecule has 4 heteroatoms. The second kappa shape index (κ2) is 6.46. The Hall–Kier alpha value is -1.57. The molecule has 21 heavy (non-hydrogen) atoms. The molecule has 4 nitrogen and oxygen atoms in total. The van der Waals surface area contributed by atoms with Crippen molar-refractivity contribution in [2.24, 2.45) is 0 Å². The first-order valence-corrected chi connectivity index (χ1v) is 7.96. The zero-order chi connectivity index (χ0) is 14.7. The molecule has 2 aliphatic rings. The lowest BCUT2D eigenvalue weighted by Crippen LogP contribution is -2.29. The van der Waals surface area contributed by atoms with Crippen molar-refractivity contribution in [3.05, 3.63) is 29.3 Å². The first kappa shape index (κ1) is 14.4. The van der Waals surface area contributed by atoms with Crippen LogP contribution < -0.4 is 10.2 Å². The van der Waals surface area contributed by atoms with Crippen LogP contribution in [0.15, 0.2) is 18.2 Å². The predicted octanol–water partition coefficient (Wildman–Crippen LogP) is 1.95. The molecule has 1 heterocycles. The van der Waals surface area contributed by atoms with Crippen molar-refractivity contribution in [3.8, 4) is 6.07 Å². The second-order valence-corrected chi connectivity index (χ2v) is 6.26. The standard InChI is InChI=1S/C17H24N4/c1-20-7-2-8-21(10-9-20)17-6-3-14(11-15(17)12-18)13-19-16-4-5-16/h3,6,11,16,19H,2,4-5,7-10,13H2,1H3. The molecule has 1 aliphatic carbocycles. The minimum absolute atomic E-state index is 0.705. The highest BCUT2D eigenvalue weighted by atomic mass is 15.2. The Balaban J connectivity index is 1.72. The molecule has 0 spiro atoms. The van der Waals surface area contributed by atoms with Crippen molar-refractivity contribution in [2.45, 2.75) is 31.8 Å². The van der Waals surface area contributed by atoms with Crippen molar-refractivity contribution < 1.29 is 0 Å². The van der Waals surface area contributed by atoms with E-state index in [4.69, 9.17) is 0 Å². The molecule has 1 N–H and O–H groups in total. The molecule has 0 bridgehead atoms. The summed E-state index contributed by atoms with van der Waals surface area (Å²) in [6.07, 6.45) is 3.75. The molecule has 0 amide bonds. The number of nitrogens with one attached hydrogen (secondary N) is 1. The first-order valence-electron chi connectivity index (χ1n) is 7.96. The summed E-state index contributed by atoms with van der Waals surface area (Å²) in [6, 6.07) is 9.44. The van der Waals surface area contributed by atoms with Gasteiger partial charge in [0, 0.05) is 32.2 Å². The van der Waals surface area contributed by atoms with E-state index in [-0.39, 0.29) is 0 Å². The summed E-state index contributed by atoms with van der Waals surface area (Å²) in [6.45, 7) is 5.13. The molecule has 1 saturated carbocycles. The highest BCUT2D eigenvalue weighted by molar-refractivity contribution is 5.60. The van der Waals surface area contributed by atoms with Crippen molar-refractivity contribution >= 4 is 5.69 Å². The Kier molecular flexibility index (Phi) is 4.42. The van der Waals surface area contributed by atoms with E-state index in [1.165, 1.54) is 18.4 Å². The maximum absolute atomic E-state index is 9.48. The molecule has 0 radical (unpaired) electrons. The van der Waals surface area contributed by atoms with Gasteiger partial charge in [0.2, 0.25) is 0 Å². The molecule has 1 aliphatic heterocycles. The van der Waals surface area contributed by atoms with Gasteiger partial charge in [-0.05, 0) is 50.6 Å². The lowest BCUT2D eigenvalue weighted by Gasteiger charge is -2.24. The fourth-order valence-electron chi connectivity index (χ4n) is 2.90. The fourth-order valence-corrected chi connectivity index (χ4v) is 2.90. The normalized spacial score (nSPS) is 20.1. The van der Waals surface area contributed by atoms with Crippen molar-refractivity contribution in [3.63, 3.8) is 0 Å². The Morgan fingerprint density at radius 1 is 1.24 bits per heavy atom. The average molecular weight is 284 g/mol. The SMILES string of the molecule is CN1CCCN(c2ccc(CNC3CC3)cc2C#N)CC1. The molecule has 0 aromatic heterocycles. The van der Waals surface area contributed by atoms with Gasteiger partial charge >= 0.3 is 0 Å². The maximum atomic E-state index is 9.48. The Morgan fingerprint density at radius 2 is 2.10 bits per heavy atom. The van der Waals surface area contributed by atoms with Gasteiger partial charge < -0.3 is 15.1 Å². The molecular weight excluding hydrogens is 260 g/mol. The van der Waals surface area contributed by atoms with Crippen LogP contribution in [-0.2, 0) is 6.54 Å². The number of nitrogens with zero attached hydrogens (tertiary/aromatic N) is 3. The van der Waals surface area contributed by atoms with Crippen LogP contribution in [0.4, 0.5) is 5.69 Å². The lowest BCUT2D eigenvalue weighted by molar-refractivity contribution is 0.360. The van der Waals surface area contributed by atoms with Crippen LogP contribution in [0, 0.1) is 11.3 Å². The molecule has 112 valence electrons. The van der Waals surface area contributed by atoms with E-state index in [2.05, 4.69) is 46.4 Å². The molecule has 1 saturated heterocycles. The predicted molar refractivity (Wildman–Crippen MR) is 85.3 cm³/mol.